The van der Waals surface area contributed by atoms with E-state index in [2.05, 4.69) is 20.7 Å². The Morgan fingerprint density at radius 3 is 2.84 bits per heavy atom. The molecule has 136 valence electrons. The van der Waals surface area contributed by atoms with Gasteiger partial charge in [-0.05, 0) is 37.5 Å². The summed E-state index contributed by atoms with van der Waals surface area (Å²) in [6.07, 6.45) is 5.74. The zero-order chi connectivity index (χ0) is 16.6. The second-order valence-electron chi connectivity index (χ2n) is 5.86. The zero-order valence-electron chi connectivity index (χ0n) is 14.5. The van der Waals surface area contributed by atoms with Crippen LogP contribution in [0.4, 0.5) is 0 Å². The number of halogens is 1. The summed E-state index contributed by atoms with van der Waals surface area (Å²) < 4.78 is 7.51. The van der Waals surface area contributed by atoms with Crippen molar-refractivity contribution in [1.29, 1.82) is 0 Å². The molecule has 2 heterocycles. The van der Waals surface area contributed by atoms with E-state index in [0.717, 1.165) is 36.9 Å². The van der Waals surface area contributed by atoms with E-state index in [4.69, 9.17) is 4.74 Å². The first-order valence-corrected chi connectivity index (χ1v) is 8.51. The number of aliphatic imine (C=N–C) groups is 1. The number of hydrogen-bond donors (Lipinski definition) is 2. The molecule has 25 heavy (non-hydrogen) atoms. The molecule has 7 heteroatoms. The molecule has 1 saturated heterocycles. The van der Waals surface area contributed by atoms with Gasteiger partial charge >= 0.3 is 0 Å². The lowest BCUT2D eigenvalue weighted by Gasteiger charge is -2.13. The Balaban J connectivity index is 0.00000225. The van der Waals surface area contributed by atoms with Crippen LogP contribution in [-0.2, 0) is 11.3 Å². The molecule has 0 amide bonds. The Kier molecular flexibility index (Phi) is 8.20. The molecule has 2 N–H and O–H groups in total. The Labute approximate surface area is 166 Å². The first-order valence-electron chi connectivity index (χ1n) is 8.51. The Hall–Kier alpha value is -1.61. The van der Waals surface area contributed by atoms with E-state index in [0.29, 0.717) is 12.6 Å². The van der Waals surface area contributed by atoms with Gasteiger partial charge in [0.05, 0.1) is 24.0 Å². The van der Waals surface area contributed by atoms with Crippen LogP contribution in [-0.4, -0.2) is 42.0 Å². The van der Waals surface area contributed by atoms with Crippen LogP contribution in [0.1, 0.15) is 25.0 Å². The van der Waals surface area contributed by atoms with Crippen molar-refractivity contribution >= 4 is 29.9 Å². The molecule has 6 nitrogen and oxygen atoms in total. The lowest BCUT2D eigenvalue weighted by atomic mass is 10.2. The average molecular weight is 455 g/mol. The van der Waals surface area contributed by atoms with Crippen molar-refractivity contribution < 1.29 is 4.74 Å². The van der Waals surface area contributed by atoms with Crippen LogP contribution in [0.3, 0.4) is 0 Å². The molecule has 0 bridgehead atoms. The normalized spacial score (nSPS) is 17.2. The Morgan fingerprint density at radius 1 is 1.28 bits per heavy atom. The number of hydrogen-bond acceptors (Lipinski definition) is 3. The molecular weight excluding hydrogens is 429 g/mol. The minimum atomic E-state index is 0. The van der Waals surface area contributed by atoms with Crippen LogP contribution in [0.25, 0.3) is 5.69 Å². The average Bonchev–Trinajstić information content (AvgIpc) is 3.30. The molecule has 1 fully saturated rings. The molecule has 2 aromatic rings. The van der Waals surface area contributed by atoms with Crippen LogP contribution in [0.2, 0.25) is 0 Å². The van der Waals surface area contributed by atoms with Crippen molar-refractivity contribution in [2.45, 2.75) is 31.9 Å². The third-order valence-corrected chi connectivity index (χ3v) is 4.11. The minimum Gasteiger partial charge on any atom is -0.378 e. The van der Waals surface area contributed by atoms with E-state index in [1.807, 2.05) is 47.3 Å². The van der Waals surface area contributed by atoms with Crippen molar-refractivity contribution in [2.24, 2.45) is 4.99 Å². The van der Waals surface area contributed by atoms with Gasteiger partial charge in [-0.25, -0.2) is 4.68 Å². The first-order chi connectivity index (χ1) is 11.8. The maximum atomic E-state index is 5.63. The Morgan fingerprint density at radius 2 is 2.12 bits per heavy atom. The van der Waals surface area contributed by atoms with Gasteiger partial charge in [-0.1, -0.05) is 18.2 Å². The number of benzene rings is 1. The maximum Gasteiger partial charge on any atom is 0.191 e. The smallest absolute Gasteiger partial charge is 0.191 e. The van der Waals surface area contributed by atoms with Gasteiger partial charge in [0, 0.05) is 26.4 Å². The van der Waals surface area contributed by atoms with E-state index in [-0.39, 0.29) is 24.0 Å². The van der Waals surface area contributed by atoms with Crippen molar-refractivity contribution in [3.05, 3.63) is 48.3 Å². The molecule has 1 aliphatic heterocycles. The molecule has 1 aromatic carbocycles. The summed E-state index contributed by atoms with van der Waals surface area (Å²) in [6, 6.07) is 12.1. The molecule has 0 saturated carbocycles. The molecule has 0 radical (unpaired) electrons. The number of nitrogens with zero attached hydrogens (tertiary/aromatic N) is 3. The standard InChI is InChI=1S/C18H25N5O.HI/c1-19-18(20-11-9-17-8-5-13-24-17)21-14-15-10-12-23(22-15)16-6-3-2-4-7-16;/h2-4,6-7,10,12,17H,5,8-9,11,13-14H2,1H3,(H2,19,20,21);1H. The largest absolute Gasteiger partial charge is 0.378 e. The fraction of sp³-hybridized carbons (Fsp3) is 0.444. The second-order valence-corrected chi connectivity index (χ2v) is 5.86. The first kappa shape index (κ1) is 19.7. The van der Waals surface area contributed by atoms with E-state index < -0.39 is 0 Å². The van der Waals surface area contributed by atoms with Crippen LogP contribution < -0.4 is 10.6 Å². The number of guanidine groups is 1. The lowest BCUT2D eigenvalue weighted by Crippen LogP contribution is -2.38. The van der Waals surface area contributed by atoms with Gasteiger partial charge < -0.3 is 15.4 Å². The van der Waals surface area contributed by atoms with Crippen molar-refractivity contribution in [3.8, 4) is 5.69 Å². The number of para-hydroxylation sites is 1. The van der Waals surface area contributed by atoms with E-state index in [9.17, 15) is 0 Å². The summed E-state index contributed by atoms with van der Waals surface area (Å²) >= 11 is 0. The fourth-order valence-corrected chi connectivity index (χ4v) is 2.80. The van der Waals surface area contributed by atoms with Gasteiger partial charge in [0.1, 0.15) is 0 Å². The number of ether oxygens (including phenoxy) is 1. The van der Waals surface area contributed by atoms with Crippen LogP contribution in [0, 0.1) is 0 Å². The van der Waals surface area contributed by atoms with Crippen molar-refractivity contribution in [2.75, 3.05) is 20.2 Å². The molecule has 1 unspecified atom stereocenters. The van der Waals surface area contributed by atoms with Crippen LogP contribution in [0.5, 0.6) is 0 Å². The van der Waals surface area contributed by atoms with Gasteiger partial charge in [0.15, 0.2) is 5.96 Å². The predicted octanol–water partition coefficient (Wildman–Crippen LogP) is 2.72. The quantitative estimate of drug-likeness (QED) is 0.400. The number of rotatable bonds is 6. The summed E-state index contributed by atoms with van der Waals surface area (Å²) in [5.74, 6) is 0.794. The van der Waals surface area contributed by atoms with Gasteiger partial charge in [0.25, 0.3) is 0 Å². The minimum absolute atomic E-state index is 0. The van der Waals surface area contributed by atoms with E-state index in [1.54, 1.807) is 7.05 Å². The van der Waals surface area contributed by atoms with Gasteiger partial charge in [-0.3, -0.25) is 4.99 Å². The summed E-state index contributed by atoms with van der Waals surface area (Å²) in [4.78, 5) is 4.25. The van der Waals surface area contributed by atoms with Crippen LogP contribution in [0.15, 0.2) is 47.6 Å². The lowest BCUT2D eigenvalue weighted by molar-refractivity contribution is 0.105. The fourth-order valence-electron chi connectivity index (χ4n) is 2.80. The predicted molar refractivity (Wildman–Crippen MR) is 111 cm³/mol. The highest BCUT2D eigenvalue weighted by molar-refractivity contribution is 14.0. The molecule has 1 aromatic heterocycles. The Bertz CT molecular complexity index is 652. The van der Waals surface area contributed by atoms with Crippen molar-refractivity contribution in [3.63, 3.8) is 0 Å². The third-order valence-electron chi connectivity index (χ3n) is 4.11. The molecule has 0 spiro atoms. The van der Waals surface area contributed by atoms with Gasteiger partial charge in [-0.2, -0.15) is 5.10 Å². The molecule has 0 aliphatic carbocycles. The van der Waals surface area contributed by atoms with E-state index in [1.165, 1.54) is 12.8 Å². The zero-order valence-corrected chi connectivity index (χ0v) is 16.8. The topological polar surface area (TPSA) is 63.5 Å². The maximum absolute atomic E-state index is 5.63. The monoisotopic (exact) mass is 455 g/mol. The summed E-state index contributed by atoms with van der Waals surface area (Å²) in [7, 11) is 1.78. The highest BCUT2D eigenvalue weighted by Gasteiger charge is 2.14. The van der Waals surface area contributed by atoms with Gasteiger partial charge in [-0.15, -0.1) is 24.0 Å². The third kappa shape index (κ3) is 6.00. The molecule has 3 rings (SSSR count). The molecule has 1 aliphatic rings. The van der Waals surface area contributed by atoms with Crippen LogP contribution >= 0.6 is 24.0 Å². The number of aromatic nitrogens is 2. The number of nitrogens with one attached hydrogen (secondary N) is 2. The van der Waals surface area contributed by atoms with E-state index >= 15 is 0 Å². The van der Waals surface area contributed by atoms with Crippen molar-refractivity contribution in [1.82, 2.24) is 20.4 Å². The summed E-state index contributed by atoms with van der Waals surface area (Å²) in [5.41, 5.74) is 2.03. The highest BCUT2D eigenvalue weighted by atomic mass is 127. The molecular formula is C18H26IN5O. The summed E-state index contributed by atoms with van der Waals surface area (Å²) in [6.45, 7) is 2.41. The molecule has 1 atom stereocenters. The highest BCUT2D eigenvalue weighted by Crippen LogP contribution is 2.14. The summed E-state index contributed by atoms with van der Waals surface area (Å²) in [5, 5.41) is 11.2. The second kappa shape index (κ2) is 10.4. The van der Waals surface area contributed by atoms with Gasteiger partial charge in [0.2, 0.25) is 0 Å². The SMILES string of the molecule is CN=C(NCCC1CCCO1)NCc1ccn(-c2ccccc2)n1.I.